The van der Waals surface area contributed by atoms with Gasteiger partial charge in [-0.3, -0.25) is 4.79 Å². The van der Waals surface area contributed by atoms with Crippen LogP contribution in [0.2, 0.25) is 5.02 Å². The van der Waals surface area contributed by atoms with Crippen molar-refractivity contribution >= 4 is 43.2 Å². The SMILES string of the molecule is CN(C)S(=O)(=O)c1cc(C(=O)Nc2cccc(S(=O)(=O)N3CCOCC3)c2)ccc1Cl. The number of carbonyl (C=O) groups excluding carboxylic acids is 1. The first-order chi connectivity index (χ1) is 14.5. The third-order valence-electron chi connectivity index (χ3n) is 4.65. The molecule has 0 bridgehead atoms. The molecule has 1 amide bonds. The van der Waals surface area contributed by atoms with E-state index in [4.69, 9.17) is 16.3 Å². The molecule has 0 saturated carbocycles. The van der Waals surface area contributed by atoms with Crippen LogP contribution in [0.15, 0.2) is 52.3 Å². The smallest absolute Gasteiger partial charge is 0.255 e. The summed E-state index contributed by atoms with van der Waals surface area (Å²) in [5.74, 6) is -0.604. The fraction of sp³-hybridized carbons (Fsp3) is 0.316. The van der Waals surface area contributed by atoms with Crippen molar-refractivity contribution in [1.29, 1.82) is 0 Å². The van der Waals surface area contributed by atoms with E-state index in [-0.39, 0.29) is 39.2 Å². The number of rotatable bonds is 6. The number of amides is 1. The molecule has 2 aromatic rings. The second-order valence-corrected chi connectivity index (χ2v) is 11.4. The highest BCUT2D eigenvalue weighted by Crippen LogP contribution is 2.26. The summed E-state index contributed by atoms with van der Waals surface area (Å²) >= 11 is 6.02. The van der Waals surface area contributed by atoms with Gasteiger partial charge >= 0.3 is 0 Å². The Morgan fingerprint density at radius 1 is 1.06 bits per heavy atom. The first-order valence-corrected chi connectivity index (χ1v) is 12.5. The van der Waals surface area contributed by atoms with Gasteiger partial charge in [0.2, 0.25) is 20.0 Å². The Morgan fingerprint density at radius 3 is 2.39 bits per heavy atom. The van der Waals surface area contributed by atoms with Crippen LogP contribution >= 0.6 is 11.6 Å². The van der Waals surface area contributed by atoms with Crippen molar-refractivity contribution in [3.8, 4) is 0 Å². The van der Waals surface area contributed by atoms with E-state index in [1.54, 1.807) is 6.07 Å². The average Bonchev–Trinajstić information content (AvgIpc) is 2.74. The average molecular weight is 488 g/mol. The molecule has 1 fully saturated rings. The summed E-state index contributed by atoms with van der Waals surface area (Å²) in [6.07, 6.45) is 0. The molecule has 12 heteroatoms. The summed E-state index contributed by atoms with van der Waals surface area (Å²) in [4.78, 5) is 12.5. The number of benzene rings is 2. The predicted molar refractivity (Wildman–Crippen MR) is 116 cm³/mol. The molecule has 2 aromatic carbocycles. The van der Waals surface area contributed by atoms with E-state index in [1.165, 1.54) is 54.8 Å². The van der Waals surface area contributed by atoms with Gasteiger partial charge in [0.05, 0.1) is 23.1 Å². The highest BCUT2D eigenvalue weighted by atomic mass is 35.5. The van der Waals surface area contributed by atoms with Gasteiger partial charge in [-0.1, -0.05) is 17.7 Å². The summed E-state index contributed by atoms with van der Waals surface area (Å²) in [7, 11) is -4.86. The zero-order valence-electron chi connectivity index (χ0n) is 16.9. The van der Waals surface area contributed by atoms with Gasteiger partial charge in [0.15, 0.2) is 0 Å². The van der Waals surface area contributed by atoms with Crippen LogP contribution in [0.3, 0.4) is 0 Å². The van der Waals surface area contributed by atoms with Gasteiger partial charge in [-0.05, 0) is 36.4 Å². The molecule has 0 spiro atoms. The third-order valence-corrected chi connectivity index (χ3v) is 8.84. The molecule has 168 valence electrons. The van der Waals surface area contributed by atoms with Gasteiger partial charge in [0.25, 0.3) is 5.91 Å². The van der Waals surface area contributed by atoms with Gasteiger partial charge in [-0.15, -0.1) is 0 Å². The number of nitrogens with one attached hydrogen (secondary N) is 1. The lowest BCUT2D eigenvalue weighted by molar-refractivity contribution is 0.0730. The lowest BCUT2D eigenvalue weighted by atomic mass is 10.2. The van der Waals surface area contributed by atoms with Crippen LogP contribution in [-0.4, -0.2) is 71.8 Å². The predicted octanol–water partition coefficient (Wildman–Crippen LogP) is 1.86. The summed E-state index contributed by atoms with van der Waals surface area (Å²) in [6.45, 7) is 1.16. The minimum Gasteiger partial charge on any atom is -0.379 e. The summed E-state index contributed by atoms with van der Waals surface area (Å²) in [5, 5.41) is 2.59. The van der Waals surface area contributed by atoms with Crippen LogP contribution in [0.5, 0.6) is 0 Å². The first kappa shape index (κ1) is 23.6. The Labute approximate surface area is 186 Å². The fourth-order valence-electron chi connectivity index (χ4n) is 2.91. The maximum atomic E-state index is 12.8. The van der Waals surface area contributed by atoms with E-state index in [2.05, 4.69) is 5.32 Å². The molecular weight excluding hydrogens is 466 g/mol. The highest BCUT2D eigenvalue weighted by Gasteiger charge is 2.27. The molecule has 1 saturated heterocycles. The molecule has 0 aliphatic carbocycles. The Balaban J connectivity index is 1.86. The summed E-state index contributed by atoms with van der Waals surface area (Å²) < 4.78 is 58.0. The van der Waals surface area contributed by atoms with Gasteiger partial charge in [-0.2, -0.15) is 4.31 Å². The monoisotopic (exact) mass is 487 g/mol. The van der Waals surface area contributed by atoms with Crippen LogP contribution < -0.4 is 5.32 Å². The van der Waals surface area contributed by atoms with Gasteiger partial charge in [0.1, 0.15) is 4.90 Å². The molecule has 1 aliphatic heterocycles. The van der Waals surface area contributed by atoms with E-state index < -0.39 is 26.0 Å². The topological polar surface area (TPSA) is 113 Å². The van der Waals surface area contributed by atoms with Gasteiger partial charge in [-0.25, -0.2) is 21.1 Å². The number of carbonyl (C=O) groups is 1. The van der Waals surface area contributed by atoms with Crippen molar-refractivity contribution in [3.63, 3.8) is 0 Å². The standard InChI is InChI=1S/C19H22ClN3O6S2/c1-22(2)31(27,28)18-12-14(6-7-17(18)20)19(24)21-15-4-3-5-16(13-15)30(25,26)23-8-10-29-11-9-23/h3-7,12-13H,8-11H2,1-2H3,(H,21,24). The second kappa shape index (κ2) is 9.23. The lowest BCUT2D eigenvalue weighted by Gasteiger charge is -2.26. The molecule has 0 aromatic heterocycles. The van der Waals surface area contributed by atoms with Crippen LogP contribution in [0, 0.1) is 0 Å². The fourth-order valence-corrected chi connectivity index (χ4v) is 5.76. The number of halogens is 1. The van der Waals surface area contributed by atoms with Crippen LogP contribution in [-0.2, 0) is 24.8 Å². The zero-order chi connectivity index (χ0) is 22.8. The molecule has 1 heterocycles. The molecule has 0 unspecified atom stereocenters. The number of nitrogens with zero attached hydrogens (tertiary/aromatic N) is 2. The maximum absolute atomic E-state index is 12.8. The summed E-state index contributed by atoms with van der Waals surface area (Å²) in [6, 6.07) is 9.77. The van der Waals surface area contributed by atoms with Crippen molar-refractivity contribution in [1.82, 2.24) is 8.61 Å². The second-order valence-electron chi connectivity index (χ2n) is 6.93. The van der Waals surface area contributed by atoms with Crippen LogP contribution in [0.1, 0.15) is 10.4 Å². The van der Waals surface area contributed by atoms with E-state index in [1.807, 2.05) is 0 Å². The molecule has 1 aliphatic rings. The Kier molecular flexibility index (Phi) is 7.04. The molecule has 3 rings (SSSR count). The zero-order valence-corrected chi connectivity index (χ0v) is 19.3. The van der Waals surface area contributed by atoms with Gasteiger partial charge < -0.3 is 10.1 Å². The number of sulfonamides is 2. The molecule has 1 N–H and O–H groups in total. The van der Waals surface area contributed by atoms with Crippen LogP contribution in [0.25, 0.3) is 0 Å². The quantitative estimate of drug-likeness (QED) is 0.665. The van der Waals surface area contributed by atoms with Crippen molar-refractivity contribution in [2.45, 2.75) is 9.79 Å². The van der Waals surface area contributed by atoms with E-state index in [0.717, 1.165) is 4.31 Å². The van der Waals surface area contributed by atoms with Crippen molar-refractivity contribution in [3.05, 3.63) is 53.1 Å². The Bertz CT molecular complexity index is 1190. The van der Waals surface area contributed by atoms with E-state index >= 15 is 0 Å². The van der Waals surface area contributed by atoms with Gasteiger partial charge in [0, 0.05) is 38.4 Å². The van der Waals surface area contributed by atoms with Crippen molar-refractivity contribution in [2.24, 2.45) is 0 Å². The molecule has 0 radical (unpaired) electrons. The van der Waals surface area contributed by atoms with Crippen molar-refractivity contribution < 1.29 is 26.4 Å². The first-order valence-electron chi connectivity index (χ1n) is 9.25. The number of morpholine rings is 1. The number of ether oxygens (including phenoxy) is 1. The maximum Gasteiger partial charge on any atom is 0.255 e. The number of anilines is 1. The summed E-state index contributed by atoms with van der Waals surface area (Å²) in [5.41, 5.74) is 0.317. The van der Waals surface area contributed by atoms with Crippen LogP contribution in [0.4, 0.5) is 5.69 Å². The largest absolute Gasteiger partial charge is 0.379 e. The Hall–Kier alpha value is -2.02. The molecule has 9 nitrogen and oxygen atoms in total. The lowest BCUT2D eigenvalue weighted by Crippen LogP contribution is -2.40. The number of hydrogen-bond donors (Lipinski definition) is 1. The normalized spacial score (nSPS) is 15.7. The molecule has 0 atom stereocenters. The highest BCUT2D eigenvalue weighted by molar-refractivity contribution is 7.89. The molecular formula is C19H22ClN3O6S2. The minimum absolute atomic E-state index is 0.0103. The van der Waals surface area contributed by atoms with Crippen molar-refractivity contribution in [2.75, 3.05) is 45.7 Å². The van der Waals surface area contributed by atoms with E-state index in [0.29, 0.717) is 13.2 Å². The minimum atomic E-state index is -3.85. The third kappa shape index (κ3) is 5.08. The number of hydrogen-bond acceptors (Lipinski definition) is 6. The Morgan fingerprint density at radius 2 is 1.74 bits per heavy atom. The van der Waals surface area contributed by atoms with E-state index in [9.17, 15) is 21.6 Å². The molecule has 31 heavy (non-hydrogen) atoms.